The van der Waals surface area contributed by atoms with Crippen LogP contribution >= 0.6 is 27.7 Å². The van der Waals surface area contributed by atoms with Gasteiger partial charge < -0.3 is 4.74 Å². The van der Waals surface area contributed by atoms with Gasteiger partial charge in [-0.1, -0.05) is 28.1 Å². The summed E-state index contributed by atoms with van der Waals surface area (Å²) in [6.07, 6.45) is 1.90. The van der Waals surface area contributed by atoms with Crippen LogP contribution in [-0.4, -0.2) is 29.6 Å². The fraction of sp³-hybridized carbons (Fsp3) is 0.158. The van der Waals surface area contributed by atoms with E-state index < -0.39 is 0 Å². The topological polar surface area (TPSA) is 41.9 Å². The first kappa shape index (κ1) is 17.8. The van der Waals surface area contributed by atoms with Gasteiger partial charge in [-0.05, 0) is 66.7 Å². The molecule has 4 nitrogen and oxygen atoms in total. The Morgan fingerprint density at radius 1 is 1.16 bits per heavy atom. The highest BCUT2D eigenvalue weighted by atomic mass is 79.9. The fourth-order valence-electron chi connectivity index (χ4n) is 2.35. The van der Waals surface area contributed by atoms with Crippen molar-refractivity contribution < 1.29 is 9.53 Å². The maximum absolute atomic E-state index is 12.6. The Morgan fingerprint density at radius 3 is 2.44 bits per heavy atom. The fourth-order valence-corrected chi connectivity index (χ4v) is 3.67. The number of benzene rings is 2. The number of hydrogen-bond donors (Lipinski definition) is 0. The number of hydrogen-bond acceptors (Lipinski definition) is 4. The van der Waals surface area contributed by atoms with E-state index in [-0.39, 0.29) is 5.91 Å². The van der Waals surface area contributed by atoms with Crippen LogP contribution in [0.4, 0.5) is 5.69 Å². The van der Waals surface area contributed by atoms with E-state index in [4.69, 9.17) is 4.74 Å². The number of likely N-dealkylation sites (N-methyl/N-ethyl adjacent to an activating group) is 1. The molecule has 0 aromatic heterocycles. The van der Waals surface area contributed by atoms with Crippen LogP contribution in [0.3, 0.4) is 0 Å². The first-order chi connectivity index (χ1) is 12.1. The average Bonchev–Trinajstić information content (AvgIpc) is 2.92. The summed E-state index contributed by atoms with van der Waals surface area (Å²) in [6, 6.07) is 15.3. The zero-order valence-electron chi connectivity index (χ0n) is 13.9. The van der Waals surface area contributed by atoms with Crippen LogP contribution in [0, 0.1) is 0 Å². The Kier molecular flexibility index (Phi) is 5.60. The summed E-state index contributed by atoms with van der Waals surface area (Å²) in [5.74, 6) is 0.768. The van der Waals surface area contributed by atoms with Crippen molar-refractivity contribution in [2.45, 2.75) is 6.92 Å². The number of aliphatic imine (C=N–C) groups is 1. The predicted molar refractivity (Wildman–Crippen MR) is 107 cm³/mol. The Balaban J connectivity index is 1.88. The van der Waals surface area contributed by atoms with E-state index in [0.29, 0.717) is 16.6 Å². The van der Waals surface area contributed by atoms with Crippen LogP contribution in [0.2, 0.25) is 0 Å². The number of carbonyl (C=O) groups is 1. The van der Waals surface area contributed by atoms with E-state index in [0.717, 1.165) is 21.5 Å². The Morgan fingerprint density at radius 2 is 1.84 bits per heavy atom. The number of ether oxygens (including phenoxy) is 1. The van der Waals surface area contributed by atoms with Gasteiger partial charge in [-0.2, -0.15) is 0 Å². The van der Waals surface area contributed by atoms with Crippen molar-refractivity contribution in [3.05, 3.63) is 63.5 Å². The molecule has 1 heterocycles. The molecule has 2 aromatic rings. The second-order valence-electron chi connectivity index (χ2n) is 5.30. The van der Waals surface area contributed by atoms with Crippen LogP contribution < -0.4 is 4.74 Å². The average molecular weight is 417 g/mol. The van der Waals surface area contributed by atoms with Gasteiger partial charge in [0.15, 0.2) is 5.17 Å². The molecule has 1 aliphatic heterocycles. The number of thioether (sulfide) groups is 1. The summed E-state index contributed by atoms with van der Waals surface area (Å²) in [7, 11) is 1.63. The zero-order valence-corrected chi connectivity index (χ0v) is 16.3. The highest BCUT2D eigenvalue weighted by molar-refractivity contribution is 9.10. The molecule has 1 fully saturated rings. The Labute approximate surface area is 159 Å². The maximum Gasteiger partial charge on any atom is 0.266 e. The molecule has 0 aliphatic carbocycles. The SMILES string of the molecule is CCN1C(=O)/C(=C\c2ccc(Br)cc2)SC1=Nc1ccc(OC)cc1. The first-order valence-corrected chi connectivity index (χ1v) is 9.41. The van der Waals surface area contributed by atoms with Crippen LogP contribution in [0.15, 0.2) is 62.9 Å². The third-order valence-corrected chi connectivity index (χ3v) is 5.20. The lowest BCUT2D eigenvalue weighted by molar-refractivity contribution is -0.122. The van der Waals surface area contributed by atoms with Crippen LogP contribution in [0.25, 0.3) is 6.08 Å². The van der Waals surface area contributed by atoms with Crippen molar-refractivity contribution in [1.29, 1.82) is 0 Å². The molecule has 1 aliphatic rings. The molecule has 0 N–H and O–H groups in total. The Hall–Kier alpha value is -2.05. The molecule has 2 aromatic carbocycles. The monoisotopic (exact) mass is 416 g/mol. The van der Waals surface area contributed by atoms with Gasteiger partial charge in [0.05, 0.1) is 17.7 Å². The number of methoxy groups -OCH3 is 1. The van der Waals surface area contributed by atoms with E-state index >= 15 is 0 Å². The summed E-state index contributed by atoms with van der Waals surface area (Å²) in [5, 5.41) is 0.695. The highest BCUT2D eigenvalue weighted by Gasteiger charge is 2.32. The maximum atomic E-state index is 12.6. The first-order valence-electron chi connectivity index (χ1n) is 7.80. The highest BCUT2D eigenvalue weighted by Crippen LogP contribution is 2.34. The second kappa shape index (κ2) is 7.89. The molecule has 3 rings (SSSR count). The standard InChI is InChI=1S/C19H17BrN2O2S/c1-3-22-18(23)17(12-13-4-6-14(20)7-5-13)25-19(22)21-15-8-10-16(24-2)11-9-15/h4-12H,3H2,1-2H3/b17-12+,21-19?. The zero-order chi connectivity index (χ0) is 17.8. The number of nitrogens with zero attached hydrogens (tertiary/aromatic N) is 2. The molecule has 25 heavy (non-hydrogen) atoms. The number of carbonyl (C=O) groups excluding carboxylic acids is 1. The third-order valence-electron chi connectivity index (χ3n) is 3.67. The van der Waals surface area contributed by atoms with Crippen LogP contribution in [0.1, 0.15) is 12.5 Å². The minimum atomic E-state index is -0.0114. The minimum absolute atomic E-state index is 0.0114. The van der Waals surface area contributed by atoms with E-state index in [2.05, 4.69) is 20.9 Å². The molecule has 0 saturated carbocycles. The van der Waals surface area contributed by atoms with Crippen molar-refractivity contribution in [3.8, 4) is 5.75 Å². The van der Waals surface area contributed by atoms with Crippen molar-refractivity contribution in [2.24, 2.45) is 4.99 Å². The molecule has 0 radical (unpaired) electrons. The summed E-state index contributed by atoms with van der Waals surface area (Å²) < 4.78 is 6.17. The lowest BCUT2D eigenvalue weighted by Gasteiger charge is -2.12. The summed E-state index contributed by atoms with van der Waals surface area (Å²) >= 11 is 4.82. The number of amidine groups is 1. The van der Waals surface area contributed by atoms with Gasteiger partial charge in [0.1, 0.15) is 5.75 Å². The molecule has 0 spiro atoms. The second-order valence-corrected chi connectivity index (χ2v) is 7.23. The summed E-state index contributed by atoms with van der Waals surface area (Å²) in [5.41, 5.74) is 1.78. The van der Waals surface area contributed by atoms with Crippen molar-refractivity contribution >= 4 is 50.5 Å². The Bertz CT molecular complexity index is 830. The molecule has 0 atom stereocenters. The largest absolute Gasteiger partial charge is 0.497 e. The van der Waals surface area contributed by atoms with Gasteiger partial charge in [-0.3, -0.25) is 9.69 Å². The molecule has 0 unspecified atom stereocenters. The molecule has 1 amide bonds. The van der Waals surface area contributed by atoms with E-state index in [1.54, 1.807) is 12.0 Å². The van der Waals surface area contributed by atoms with Crippen LogP contribution in [-0.2, 0) is 4.79 Å². The van der Waals surface area contributed by atoms with Crippen molar-refractivity contribution in [2.75, 3.05) is 13.7 Å². The molecule has 128 valence electrons. The van der Waals surface area contributed by atoms with Crippen molar-refractivity contribution in [1.82, 2.24) is 4.90 Å². The third kappa shape index (κ3) is 4.14. The molecule has 0 bridgehead atoms. The minimum Gasteiger partial charge on any atom is -0.497 e. The quantitative estimate of drug-likeness (QED) is 0.652. The van der Waals surface area contributed by atoms with Gasteiger partial charge in [0.2, 0.25) is 0 Å². The lowest BCUT2D eigenvalue weighted by Crippen LogP contribution is -2.28. The smallest absolute Gasteiger partial charge is 0.266 e. The number of rotatable bonds is 4. The van der Waals surface area contributed by atoms with E-state index in [1.165, 1.54) is 11.8 Å². The summed E-state index contributed by atoms with van der Waals surface area (Å²) in [4.78, 5) is 19.6. The normalized spacial score (nSPS) is 17.6. The van der Waals surface area contributed by atoms with Gasteiger partial charge >= 0.3 is 0 Å². The van der Waals surface area contributed by atoms with Crippen LogP contribution in [0.5, 0.6) is 5.75 Å². The van der Waals surface area contributed by atoms with Crippen molar-refractivity contribution in [3.63, 3.8) is 0 Å². The van der Waals surface area contributed by atoms with E-state index in [1.807, 2.05) is 61.5 Å². The molecule has 1 saturated heterocycles. The van der Waals surface area contributed by atoms with Gasteiger partial charge in [-0.25, -0.2) is 4.99 Å². The number of amides is 1. The number of halogens is 1. The van der Waals surface area contributed by atoms with Gasteiger partial charge in [0, 0.05) is 11.0 Å². The molecule has 6 heteroatoms. The summed E-state index contributed by atoms with van der Waals surface area (Å²) in [6.45, 7) is 2.53. The lowest BCUT2D eigenvalue weighted by atomic mass is 10.2. The van der Waals surface area contributed by atoms with E-state index in [9.17, 15) is 4.79 Å². The molecular weight excluding hydrogens is 400 g/mol. The van der Waals surface area contributed by atoms with Gasteiger partial charge in [-0.15, -0.1) is 0 Å². The predicted octanol–water partition coefficient (Wildman–Crippen LogP) is 5.08. The van der Waals surface area contributed by atoms with Gasteiger partial charge in [0.25, 0.3) is 5.91 Å². The molecular formula is C19H17BrN2O2S.